The van der Waals surface area contributed by atoms with Crippen LogP contribution in [0.2, 0.25) is 0 Å². The Kier molecular flexibility index (Phi) is 23.1. The summed E-state index contributed by atoms with van der Waals surface area (Å²) in [4.78, 5) is 73.1. The molecule has 2 aromatic heterocycles. The minimum absolute atomic E-state index is 0.0134. The number of fused-ring (bicyclic) bond motifs is 1. The van der Waals surface area contributed by atoms with Crippen molar-refractivity contribution in [3.8, 4) is 6.07 Å². The lowest BCUT2D eigenvalue weighted by Gasteiger charge is -2.44. The first-order valence-corrected chi connectivity index (χ1v) is 24.7. The van der Waals surface area contributed by atoms with Crippen molar-refractivity contribution in [1.82, 2.24) is 29.5 Å². The minimum Gasteiger partial charge on any atom is -0.458 e. The Morgan fingerprint density at radius 3 is 2.32 bits per heavy atom. The fourth-order valence-corrected chi connectivity index (χ4v) is 9.44. The van der Waals surface area contributed by atoms with Gasteiger partial charge in [0.05, 0.1) is 51.3 Å². The van der Waals surface area contributed by atoms with Gasteiger partial charge in [0.1, 0.15) is 31.2 Å². The molecule has 69 heavy (non-hydrogen) atoms. The van der Waals surface area contributed by atoms with E-state index in [9.17, 15) is 29.2 Å². The molecule has 6 unspecified atom stereocenters. The monoisotopic (exact) mass is 997 g/mol. The number of H-pyrrole nitrogens is 1. The first-order chi connectivity index (χ1) is 33.4. The second kappa shape index (κ2) is 28.6. The molecule has 24 heteroatoms. The first-order valence-electron chi connectivity index (χ1n) is 24.2. The fourth-order valence-electron chi connectivity index (χ4n) is 7.67. The first kappa shape index (κ1) is 55.7. The zero-order valence-corrected chi connectivity index (χ0v) is 42.4. The van der Waals surface area contributed by atoms with Gasteiger partial charge in [0.15, 0.2) is 29.8 Å². The lowest BCUT2D eigenvalue weighted by atomic mass is 9.90. The molecule has 4 heterocycles. The van der Waals surface area contributed by atoms with E-state index >= 15 is 0 Å². The number of nitrogens with zero attached hydrogens (tertiary/aromatic N) is 5. The van der Waals surface area contributed by atoms with Gasteiger partial charge < -0.3 is 52.3 Å². The highest BCUT2D eigenvalue weighted by atomic mass is 31.2. The second-order valence-corrected chi connectivity index (χ2v) is 18.9. The van der Waals surface area contributed by atoms with Crippen LogP contribution in [0.15, 0.2) is 11.1 Å². The lowest BCUT2D eigenvalue weighted by Crippen LogP contribution is -2.57. The van der Waals surface area contributed by atoms with E-state index in [1.807, 2.05) is 46.2 Å². The van der Waals surface area contributed by atoms with Gasteiger partial charge in [-0.25, -0.2) is 9.65 Å². The standard InChI is InChI=1S/C45H73N8O15P/c1-12-33-38(66-32(11)55)36(65-31(10)54)29(8)44(67-33)61-19-14-13-16-34(56)47-18-21-59-22-23-60-25-62-39-37(68-69(63-20-15-17-46)53(27(4)5)28(6)7)30(9)64-43(39)52-24-48-35-40(52)49-45(51-42(35)58)50-41(57)26(2)3/h24,26-30,33,36-39,43-44H,12-16,18-23,25H2,1-11H3,(H,47,56)(H2,49,50,51,57,58)/t29?,30-,33?,36?,37-,38?,39-,43-,44?,69?/m1/s1/i9D. The van der Waals surface area contributed by atoms with Gasteiger partial charge in [-0.05, 0) is 53.9 Å². The number of hydrogen-bond acceptors (Lipinski definition) is 19. The van der Waals surface area contributed by atoms with Crippen LogP contribution in [0.4, 0.5) is 5.95 Å². The SMILES string of the molecule is [2H]C[C@H]1O[C@@H](n2cnc3c(=O)[nH]c(NC(=O)C(C)C)nc32)[C@H](OCOCCOCCNC(=O)CCCCOC2OC(CC)C(OC(C)=O)C(OC(C)=O)C2C)[C@@H]1OP(OCCC#N)N(C(C)C)C(C)C. The summed E-state index contributed by atoms with van der Waals surface area (Å²) in [6, 6.07) is 2.06. The predicted molar refractivity (Wildman–Crippen MR) is 250 cm³/mol. The van der Waals surface area contributed by atoms with E-state index in [4.69, 9.17) is 48.3 Å². The molecular formula is C45H73N8O15P. The van der Waals surface area contributed by atoms with E-state index in [0.717, 1.165) is 0 Å². The number of nitrogens with one attached hydrogen (secondary N) is 3. The van der Waals surface area contributed by atoms with Gasteiger partial charge in [0.2, 0.25) is 17.8 Å². The summed E-state index contributed by atoms with van der Waals surface area (Å²) in [6.07, 6.45) is -3.03. The molecular weight excluding hydrogens is 924 g/mol. The van der Waals surface area contributed by atoms with Gasteiger partial charge in [0.25, 0.3) is 14.1 Å². The summed E-state index contributed by atoms with van der Waals surface area (Å²) < 4.78 is 72.3. The number of ether oxygens (including phenoxy) is 8. The number of aromatic amines is 1. The second-order valence-electron chi connectivity index (χ2n) is 17.5. The number of nitriles is 1. The Labute approximate surface area is 406 Å². The highest BCUT2D eigenvalue weighted by Crippen LogP contribution is 2.50. The van der Waals surface area contributed by atoms with Crippen molar-refractivity contribution in [2.45, 2.75) is 169 Å². The number of hydrogen-bond donors (Lipinski definition) is 3. The molecule has 10 atom stereocenters. The highest BCUT2D eigenvalue weighted by Gasteiger charge is 2.49. The van der Waals surface area contributed by atoms with Crippen molar-refractivity contribution in [3.05, 3.63) is 16.7 Å². The Morgan fingerprint density at radius 2 is 1.67 bits per heavy atom. The molecule has 0 saturated carbocycles. The molecule has 2 fully saturated rings. The third kappa shape index (κ3) is 17.0. The summed E-state index contributed by atoms with van der Waals surface area (Å²) in [5.74, 6) is -2.38. The Morgan fingerprint density at radius 1 is 0.957 bits per heavy atom. The normalized spacial score (nSPS) is 24.4. The van der Waals surface area contributed by atoms with Crippen molar-refractivity contribution in [3.63, 3.8) is 0 Å². The van der Waals surface area contributed by atoms with Crippen LogP contribution in [0.3, 0.4) is 0 Å². The quantitative estimate of drug-likeness (QED) is 0.0434. The van der Waals surface area contributed by atoms with Gasteiger partial charge in [-0.15, -0.1) is 0 Å². The third-order valence-electron chi connectivity index (χ3n) is 10.9. The van der Waals surface area contributed by atoms with Crippen molar-refractivity contribution in [2.75, 3.05) is 51.7 Å². The Hall–Kier alpha value is -4.21. The molecule has 2 aliphatic heterocycles. The topological polar surface area (TPSA) is 275 Å². The third-order valence-corrected chi connectivity index (χ3v) is 13.1. The summed E-state index contributed by atoms with van der Waals surface area (Å²) in [7, 11) is -1.81. The highest BCUT2D eigenvalue weighted by molar-refractivity contribution is 7.44. The van der Waals surface area contributed by atoms with E-state index in [1.54, 1.807) is 13.8 Å². The van der Waals surface area contributed by atoms with E-state index in [1.165, 1.54) is 24.7 Å². The number of carbonyl (C=O) groups is 4. The molecule has 0 aromatic carbocycles. The Bertz CT molecular complexity index is 2070. The number of imidazole rings is 1. The average Bonchev–Trinajstić information content (AvgIpc) is 3.87. The average molecular weight is 998 g/mol. The smallest absolute Gasteiger partial charge is 0.303 e. The largest absolute Gasteiger partial charge is 0.458 e. The van der Waals surface area contributed by atoms with Crippen LogP contribution in [-0.4, -0.2) is 149 Å². The van der Waals surface area contributed by atoms with Gasteiger partial charge in [-0.3, -0.25) is 38.8 Å². The van der Waals surface area contributed by atoms with Crippen molar-refractivity contribution in [2.24, 2.45) is 11.8 Å². The molecule has 4 rings (SSSR count). The number of rotatable bonds is 29. The molecule has 0 bridgehead atoms. The molecule has 2 aliphatic rings. The van der Waals surface area contributed by atoms with Gasteiger partial charge in [0, 0.05) is 58.7 Å². The van der Waals surface area contributed by atoms with Gasteiger partial charge >= 0.3 is 11.9 Å². The number of carbonyl (C=O) groups excluding carboxylic acids is 4. The maximum absolute atomic E-state index is 13.1. The molecule has 388 valence electrons. The van der Waals surface area contributed by atoms with Gasteiger partial charge in [-0.2, -0.15) is 10.2 Å². The molecule has 2 saturated heterocycles. The molecule has 2 amide bonds. The van der Waals surface area contributed by atoms with Gasteiger partial charge in [-0.1, -0.05) is 27.7 Å². The van der Waals surface area contributed by atoms with Crippen LogP contribution in [0.1, 0.15) is 116 Å². The van der Waals surface area contributed by atoms with Crippen LogP contribution in [0.5, 0.6) is 0 Å². The van der Waals surface area contributed by atoms with Crippen LogP contribution in [0.25, 0.3) is 11.2 Å². The minimum atomic E-state index is -1.81. The maximum atomic E-state index is 13.1. The van der Waals surface area contributed by atoms with E-state index in [-0.39, 0.29) is 106 Å². The summed E-state index contributed by atoms with van der Waals surface area (Å²) in [5, 5.41) is 14.7. The van der Waals surface area contributed by atoms with Crippen LogP contribution < -0.4 is 16.2 Å². The van der Waals surface area contributed by atoms with E-state index in [0.29, 0.717) is 25.9 Å². The molecule has 0 radical (unpaired) electrons. The number of anilines is 1. The number of aromatic nitrogens is 4. The summed E-state index contributed by atoms with van der Waals surface area (Å²) in [6.45, 7) is 18.4. The van der Waals surface area contributed by atoms with Crippen molar-refractivity contribution >= 4 is 49.4 Å². The van der Waals surface area contributed by atoms with Crippen molar-refractivity contribution in [1.29, 1.82) is 5.26 Å². The maximum Gasteiger partial charge on any atom is 0.303 e. The fraction of sp³-hybridized carbons (Fsp3) is 0.778. The lowest BCUT2D eigenvalue weighted by molar-refractivity contribution is -0.283. The zero-order valence-electron chi connectivity index (χ0n) is 42.5. The van der Waals surface area contributed by atoms with Crippen LogP contribution in [0, 0.1) is 23.2 Å². The summed E-state index contributed by atoms with van der Waals surface area (Å²) >= 11 is 0. The van der Waals surface area contributed by atoms with E-state index < -0.39 is 81.1 Å². The molecule has 2 aromatic rings. The van der Waals surface area contributed by atoms with Crippen LogP contribution in [-0.2, 0) is 66.1 Å². The zero-order chi connectivity index (χ0) is 51.5. The summed E-state index contributed by atoms with van der Waals surface area (Å²) in [5.41, 5.74) is -0.506. The molecule has 0 aliphatic carbocycles. The van der Waals surface area contributed by atoms with Crippen molar-refractivity contribution < 1.29 is 67.5 Å². The number of amides is 2. The predicted octanol–water partition coefficient (Wildman–Crippen LogP) is 4.61. The van der Waals surface area contributed by atoms with Crippen LogP contribution >= 0.6 is 8.53 Å². The molecule has 3 N–H and O–H groups in total. The molecule has 23 nitrogen and oxygen atoms in total. The van der Waals surface area contributed by atoms with E-state index in [2.05, 4.69) is 31.7 Å². The Balaban J connectivity index is 1.30. The molecule has 0 spiro atoms. The number of unbranched alkanes of at least 4 members (excludes halogenated alkanes) is 1. The number of esters is 2.